The highest BCUT2D eigenvalue weighted by atomic mass is 32.1. The maximum atomic E-state index is 13.3. The molecule has 0 fully saturated rings. The largest absolute Gasteiger partial charge is 0.320 e. The Balaban J connectivity index is 2.46. The molecule has 0 spiro atoms. The lowest BCUT2D eigenvalue weighted by molar-refractivity contribution is 0.623. The van der Waals surface area contributed by atoms with E-state index in [1.165, 1.54) is 12.1 Å². The van der Waals surface area contributed by atoms with Gasteiger partial charge >= 0.3 is 0 Å². The van der Waals surface area contributed by atoms with Crippen molar-refractivity contribution >= 4 is 11.3 Å². The van der Waals surface area contributed by atoms with Gasteiger partial charge in [-0.05, 0) is 44.0 Å². The number of nitrogens with zero attached hydrogens (tertiary/aromatic N) is 1. The molecular formula is C13H15FN2S. The van der Waals surface area contributed by atoms with Crippen LogP contribution >= 0.6 is 11.3 Å². The molecule has 0 radical (unpaired) electrons. The van der Waals surface area contributed by atoms with Gasteiger partial charge in [0.25, 0.3) is 0 Å². The van der Waals surface area contributed by atoms with E-state index in [-0.39, 0.29) is 11.9 Å². The van der Waals surface area contributed by atoms with Gasteiger partial charge in [-0.3, -0.25) is 0 Å². The van der Waals surface area contributed by atoms with Gasteiger partial charge in [0.1, 0.15) is 5.82 Å². The second-order valence-corrected chi connectivity index (χ2v) is 5.40. The molecule has 1 atom stereocenters. The minimum absolute atomic E-state index is 0.250. The van der Waals surface area contributed by atoms with Gasteiger partial charge < -0.3 is 5.73 Å². The summed E-state index contributed by atoms with van der Waals surface area (Å²) in [5.74, 6) is -0.250. The van der Waals surface area contributed by atoms with Crippen LogP contribution in [-0.4, -0.2) is 4.98 Å². The number of hydrogen-bond donors (Lipinski definition) is 1. The zero-order valence-corrected chi connectivity index (χ0v) is 10.9. The van der Waals surface area contributed by atoms with Gasteiger partial charge in [-0.1, -0.05) is 6.07 Å². The van der Waals surface area contributed by atoms with E-state index < -0.39 is 0 Å². The van der Waals surface area contributed by atoms with Crippen molar-refractivity contribution in [1.82, 2.24) is 4.98 Å². The topological polar surface area (TPSA) is 38.9 Å². The fraction of sp³-hybridized carbons (Fsp3) is 0.308. The Morgan fingerprint density at radius 2 is 2.00 bits per heavy atom. The van der Waals surface area contributed by atoms with E-state index in [2.05, 4.69) is 4.98 Å². The lowest BCUT2D eigenvalue weighted by Crippen LogP contribution is -2.13. The summed E-state index contributed by atoms with van der Waals surface area (Å²) in [6.45, 7) is 5.83. The predicted molar refractivity (Wildman–Crippen MR) is 68.8 cm³/mol. The minimum Gasteiger partial charge on any atom is -0.320 e. The SMILES string of the molecule is Cc1nc(C)c(C(N)c2cc(F)ccc2C)s1. The summed E-state index contributed by atoms with van der Waals surface area (Å²) in [4.78, 5) is 5.36. The summed E-state index contributed by atoms with van der Waals surface area (Å²) in [6.07, 6.45) is 0. The van der Waals surface area contributed by atoms with Gasteiger partial charge in [-0.15, -0.1) is 11.3 Å². The number of aromatic nitrogens is 1. The maximum absolute atomic E-state index is 13.3. The van der Waals surface area contributed by atoms with Crippen molar-refractivity contribution in [2.24, 2.45) is 5.73 Å². The number of rotatable bonds is 2. The lowest BCUT2D eigenvalue weighted by atomic mass is 10.00. The zero-order valence-electron chi connectivity index (χ0n) is 10.1. The number of thiazole rings is 1. The highest BCUT2D eigenvalue weighted by Crippen LogP contribution is 2.29. The average molecular weight is 250 g/mol. The molecule has 0 aliphatic carbocycles. The lowest BCUT2D eigenvalue weighted by Gasteiger charge is -2.13. The Morgan fingerprint density at radius 3 is 2.59 bits per heavy atom. The first-order chi connectivity index (χ1) is 7.99. The van der Waals surface area contributed by atoms with Gasteiger partial charge in [-0.25, -0.2) is 9.37 Å². The molecule has 1 heterocycles. The molecule has 4 heteroatoms. The Labute approximate surface area is 104 Å². The fourth-order valence-corrected chi connectivity index (χ4v) is 2.87. The number of aryl methyl sites for hydroxylation is 3. The normalized spacial score (nSPS) is 12.8. The molecule has 0 aliphatic rings. The quantitative estimate of drug-likeness (QED) is 0.888. The van der Waals surface area contributed by atoms with Gasteiger partial charge in [0.05, 0.1) is 16.7 Å². The molecule has 1 unspecified atom stereocenters. The summed E-state index contributed by atoms with van der Waals surface area (Å²) < 4.78 is 13.3. The monoisotopic (exact) mass is 250 g/mol. The molecule has 0 saturated heterocycles. The van der Waals surface area contributed by atoms with E-state index >= 15 is 0 Å². The maximum Gasteiger partial charge on any atom is 0.123 e. The number of benzene rings is 1. The van der Waals surface area contributed by atoms with Crippen LogP contribution in [0.25, 0.3) is 0 Å². The first-order valence-electron chi connectivity index (χ1n) is 5.44. The van der Waals surface area contributed by atoms with Gasteiger partial charge in [-0.2, -0.15) is 0 Å². The van der Waals surface area contributed by atoms with Crippen molar-refractivity contribution in [2.75, 3.05) is 0 Å². The molecule has 0 saturated carbocycles. The van der Waals surface area contributed by atoms with Crippen molar-refractivity contribution in [1.29, 1.82) is 0 Å². The Morgan fingerprint density at radius 1 is 1.29 bits per heavy atom. The fourth-order valence-electron chi connectivity index (χ4n) is 1.92. The molecule has 17 heavy (non-hydrogen) atoms. The van der Waals surface area contributed by atoms with Crippen molar-refractivity contribution in [3.63, 3.8) is 0 Å². The van der Waals surface area contributed by atoms with Crippen LogP contribution in [0, 0.1) is 26.6 Å². The first kappa shape index (κ1) is 12.2. The second kappa shape index (κ2) is 4.55. The molecule has 2 N–H and O–H groups in total. The number of hydrogen-bond acceptors (Lipinski definition) is 3. The molecular weight excluding hydrogens is 235 g/mol. The average Bonchev–Trinajstić information content (AvgIpc) is 2.60. The third-order valence-electron chi connectivity index (χ3n) is 2.80. The van der Waals surface area contributed by atoms with Crippen LogP contribution in [0.1, 0.15) is 32.7 Å². The zero-order chi connectivity index (χ0) is 12.6. The van der Waals surface area contributed by atoms with E-state index in [1.807, 2.05) is 20.8 Å². The smallest absolute Gasteiger partial charge is 0.123 e. The van der Waals surface area contributed by atoms with Crippen LogP contribution in [0.2, 0.25) is 0 Å². The molecule has 1 aromatic carbocycles. The van der Waals surface area contributed by atoms with E-state index in [4.69, 9.17) is 5.73 Å². The van der Waals surface area contributed by atoms with Crippen LogP contribution < -0.4 is 5.73 Å². The van der Waals surface area contributed by atoms with E-state index in [9.17, 15) is 4.39 Å². The Kier molecular flexibility index (Phi) is 3.26. The summed E-state index contributed by atoms with van der Waals surface area (Å²) in [5, 5.41) is 0.988. The van der Waals surface area contributed by atoms with E-state index in [0.29, 0.717) is 0 Å². The molecule has 2 nitrogen and oxygen atoms in total. The minimum atomic E-state index is -0.295. The van der Waals surface area contributed by atoms with Crippen molar-refractivity contribution in [3.8, 4) is 0 Å². The van der Waals surface area contributed by atoms with Gasteiger partial charge in [0.15, 0.2) is 0 Å². The van der Waals surface area contributed by atoms with Crippen molar-refractivity contribution < 1.29 is 4.39 Å². The van der Waals surface area contributed by atoms with Crippen LogP contribution in [0.3, 0.4) is 0 Å². The van der Waals surface area contributed by atoms with E-state index in [1.54, 1.807) is 17.4 Å². The van der Waals surface area contributed by atoms with Gasteiger partial charge in [0, 0.05) is 4.88 Å². The molecule has 90 valence electrons. The third-order valence-corrected chi connectivity index (χ3v) is 3.95. The van der Waals surface area contributed by atoms with Crippen molar-refractivity contribution in [2.45, 2.75) is 26.8 Å². The number of halogens is 1. The molecule has 2 aromatic rings. The first-order valence-corrected chi connectivity index (χ1v) is 6.26. The van der Waals surface area contributed by atoms with Crippen LogP contribution in [-0.2, 0) is 0 Å². The summed E-state index contributed by atoms with van der Waals surface area (Å²) in [6, 6.07) is 4.43. The predicted octanol–water partition coefficient (Wildman–Crippen LogP) is 3.26. The molecule has 2 rings (SSSR count). The molecule has 0 aliphatic heterocycles. The molecule has 0 bridgehead atoms. The van der Waals surface area contributed by atoms with Crippen LogP contribution in [0.4, 0.5) is 4.39 Å². The summed E-state index contributed by atoms with van der Waals surface area (Å²) in [7, 11) is 0. The van der Waals surface area contributed by atoms with Crippen LogP contribution in [0.5, 0.6) is 0 Å². The third kappa shape index (κ3) is 2.37. The highest BCUT2D eigenvalue weighted by Gasteiger charge is 2.17. The Hall–Kier alpha value is -1.26. The highest BCUT2D eigenvalue weighted by molar-refractivity contribution is 7.11. The van der Waals surface area contributed by atoms with Gasteiger partial charge in [0.2, 0.25) is 0 Å². The molecule has 1 aromatic heterocycles. The Bertz CT molecular complexity index is 548. The second-order valence-electron chi connectivity index (χ2n) is 4.16. The molecule has 0 amide bonds. The standard InChI is InChI=1S/C13H15FN2S/c1-7-4-5-10(14)6-11(7)12(15)13-8(2)16-9(3)17-13/h4-6,12H,15H2,1-3H3. The number of nitrogens with two attached hydrogens (primary N) is 1. The summed E-state index contributed by atoms with van der Waals surface area (Å²) in [5.41, 5.74) is 8.97. The van der Waals surface area contributed by atoms with E-state index in [0.717, 1.165) is 26.7 Å². The summed E-state index contributed by atoms with van der Waals surface area (Å²) >= 11 is 1.57. The van der Waals surface area contributed by atoms with Crippen molar-refractivity contribution in [3.05, 3.63) is 50.7 Å². The van der Waals surface area contributed by atoms with Crippen LogP contribution in [0.15, 0.2) is 18.2 Å².